The fourth-order valence-electron chi connectivity index (χ4n) is 1.36. The first-order chi connectivity index (χ1) is 6.27. The first-order valence-corrected chi connectivity index (χ1v) is 5.00. The van der Waals surface area contributed by atoms with Gasteiger partial charge < -0.3 is 4.74 Å². The number of nitrogens with zero attached hydrogens (tertiary/aromatic N) is 3. The van der Waals surface area contributed by atoms with E-state index in [-0.39, 0.29) is 5.54 Å². The molecule has 0 unspecified atom stereocenters. The van der Waals surface area contributed by atoms with E-state index in [4.69, 9.17) is 10.00 Å². The van der Waals surface area contributed by atoms with Crippen LogP contribution < -0.4 is 0 Å². The van der Waals surface area contributed by atoms with Crippen LogP contribution in [0.1, 0.15) is 6.42 Å². The summed E-state index contributed by atoms with van der Waals surface area (Å²) in [6.07, 6.45) is 4.20. The van der Waals surface area contributed by atoms with Gasteiger partial charge in [-0.3, -0.25) is 4.68 Å². The monoisotopic (exact) mass is 289 g/mol. The molecule has 0 amide bonds. The van der Waals surface area contributed by atoms with Crippen LogP contribution in [0.2, 0.25) is 0 Å². The Morgan fingerprint density at radius 3 is 2.92 bits per heavy atom. The van der Waals surface area contributed by atoms with E-state index >= 15 is 0 Å². The lowest BCUT2D eigenvalue weighted by atomic mass is 9.94. The smallest absolute Gasteiger partial charge is 0.122 e. The van der Waals surface area contributed by atoms with Crippen molar-refractivity contribution in [3.05, 3.63) is 16.0 Å². The molecule has 1 aliphatic rings. The maximum atomic E-state index is 8.69. The molecule has 1 fully saturated rings. The predicted molar refractivity (Wildman–Crippen MR) is 54.0 cm³/mol. The quantitative estimate of drug-likeness (QED) is 0.767. The second-order valence-corrected chi connectivity index (χ2v) is 4.40. The summed E-state index contributed by atoms with van der Waals surface area (Å²) in [4.78, 5) is 0. The molecule has 2 rings (SSSR count). The van der Waals surface area contributed by atoms with Crippen molar-refractivity contribution < 1.29 is 4.74 Å². The Morgan fingerprint density at radius 2 is 2.54 bits per heavy atom. The van der Waals surface area contributed by atoms with Gasteiger partial charge in [0, 0.05) is 6.20 Å². The predicted octanol–water partition coefficient (Wildman–Crippen LogP) is 1.13. The van der Waals surface area contributed by atoms with Crippen molar-refractivity contribution in [2.45, 2.75) is 12.0 Å². The summed E-state index contributed by atoms with van der Waals surface area (Å²) in [7, 11) is 0. The summed E-state index contributed by atoms with van der Waals surface area (Å²) < 4.78 is 8.07. The molecule has 0 saturated carbocycles. The van der Waals surface area contributed by atoms with Crippen LogP contribution in [0.5, 0.6) is 0 Å². The van der Waals surface area contributed by atoms with Gasteiger partial charge in [0.2, 0.25) is 0 Å². The SMILES string of the molecule is N#CCC1(n2cc(I)cn2)COC1. The summed E-state index contributed by atoms with van der Waals surface area (Å²) >= 11 is 2.20. The molecule has 0 radical (unpaired) electrons. The van der Waals surface area contributed by atoms with Crippen LogP contribution in [0.4, 0.5) is 0 Å². The van der Waals surface area contributed by atoms with Gasteiger partial charge in [0.05, 0.1) is 35.5 Å². The molecule has 0 aliphatic carbocycles. The van der Waals surface area contributed by atoms with Gasteiger partial charge in [-0.2, -0.15) is 10.4 Å². The number of rotatable bonds is 2. The minimum atomic E-state index is -0.196. The maximum Gasteiger partial charge on any atom is 0.122 e. The average Bonchev–Trinajstić information content (AvgIpc) is 2.44. The third-order valence-electron chi connectivity index (χ3n) is 2.19. The molecule has 1 aromatic rings. The lowest BCUT2D eigenvalue weighted by molar-refractivity contribution is -0.104. The van der Waals surface area contributed by atoms with Crippen molar-refractivity contribution in [2.24, 2.45) is 0 Å². The minimum absolute atomic E-state index is 0.196. The molecule has 1 aromatic heterocycles. The number of hydrogen-bond donors (Lipinski definition) is 0. The van der Waals surface area contributed by atoms with Crippen LogP contribution in [0.25, 0.3) is 0 Å². The number of hydrogen-bond acceptors (Lipinski definition) is 3. The molecule has 2 heterocycles. The largest absolute Gasteiger partial charge is 0.376 e. The fourth-order valence-corrected chi connectivity index (χ4v) is 1.75. The number of aromatic nitrogens is 2. The molecule has 5 heteroatoms. The Hall–Kier alpha value is -0.610. The van der Waals surface area contributed by atoms with Crippen LogP contribution in [-0.4, -0.2) is 23.0 Å². The van der Waals surface area contributed by atoms with Crippen molar-refractivity contribution in [3.8, 4) is 6.07 Å². The highest BCUT2D eigenvalue weighted by atomic mass is 127. The third-order valence-corrected chi connectivity index (χ3v) is 2.74. The van der Waals surface area contributed by atoms with Gasteiger partial charge in [0.25, 0.3) is 0 Å². The molecule has 0 spiro atoms. The van der Waals surface area contributed by atoms with Gasteiger partial charge in [0.15, 0.2) is 0 Å². The molecule has 0 atom stereocenters. The highest BCUT2D eigenvalue weighted by molar-refractivity contribution is 14.1. The first kappa shape index (κ1) is 8.97. The molecule has 0 aromatic carbocycles. The summed E-state index contributed by atoms with van der Waals surface area (Å²) in [5.74, 6) is 0. The standard InChI is InChI=1S/C8H8IN3O/c9-7-3-11-12(4-7)8(1-2-10)5-13-6-8/h3-4H,1,5-6H2. The summed E-state index contributed by atoms with van der Waals surface area (Å²) in [6.45, 7) is 1.19. The van der Waals surface area contributed by atoms with Gasteiger partial charge in [0.1, 0.15) is 5.54 Å². The van der Waals surface area contributed by atoms with Crippen LogP contribution >= 0.6 is 22.6 Å². The molecular weight excluding hydrogens is 281 g/mol. The Balaban J connectivity index is 2.27. The Morgan fingerprint density at radius 1 is 1.77 bits per heavy atom. The molecule has 1 saturated heterocycles. The van der Waals surface area contributed by atoms with Crippen molar-refractivity contribution in [1.82, 2.24) is 9.78 Å². The first-order valence-electron chi connectivity index (χ1n) is 3.92. The number of nitriles is 1. The van der Waals surface area contributed by atoms with Gasteiger partial charge in [-0.1, -0.05) is 0 Å². The summed E-state index contributed by atoms with van der Waals surface area (Å²) in [6, 6.07) is 2.17. The van der Waals surface area contributed by atoms with E-state index in [9.17, 15) is 0 Å². The highest BCUT2D eigenvalue weighted by Gasteiger charge is 2.41. The van der Waals surface area contributed by atoms with E-state index < -0.39 is 0 Å². The van der Waals surface area contributed by atoms with E-state index in [1.165, 1.54) is 0 Å². The third kappa shape index (κ3) is 1.44. The fraction of sp³-hybridized carbons (Fsp3) is 0.500. The van der Waals surface area contributed by atoms with Crippen molar-refractivity contribution in [3.63, 3.8) is 0 Å². The molecule has 13 heavy (non-hydrogen) atoms. The van der Waals surface area contributed by atoms with E-state index in [0.717, 1.165) is 3.57 Å². The van der Waals surface area contributed by atoms with Crippen LogP contribution in [0.15, 0.2) is 12.4 Å². The van der Waals surface area contributed by atoms with Gasteiger partial charge >= 0.3 is 0 Å². The van der Waals surface area contributed by atoms with Gasteiger partial charge in [-0.15, -0.1) is 0 Å². The van der Waals surface area contributed by atoms with Crippen molar-refractivity contribution >= 4 is 22.6 Å². The molecule has 0 N–H and O–H groups in total. The van der Waals surface area contributed by atoms with Gasteiger partial charge in [-0.25, -0.2) is 0 Å². The normalized spacial score (nSPS) is 19.1. The van der Waals surface area contributed by atoms with Crippen molar-refractivity contribution in [2.75, 3.05) is 13.2 Å². The highest BCUT2D eigenvalue weighted by Crippen LogP contribution is 2.29. The van der Waals surface area contributed by atoms with Gasteiger partial charge in [-0.05, 0) is 22.6 Å². The zero-order chi connectivity index (χ0) is 9.31. The second kappa shape index (κ2) is 3.27. The van der Waals surface area contributed by atoms with E-state index in [2.05, 4.69) is 33.8 Å². The lowest BCUT2D eigenvalue weighted by Crippen LogP contribution is -2.51. The summed E-state index contributed by atoms with van der Waals surface area (Å²) in [5.41, 5.74) is -0.196. The molecule has 1 aliphatic heterocycles. The zero-order valence-electron chi connectivity index (χ0n) is 6.90. The molecule has 68 valence electrons. The second-order valence-electron chi connectivity index (χ2n) is 3.16. The Labute approximate surface area is 89.6 Å². The van der Waals surface area contributed by atoms with Crippen molar-refractivity contribution in [1.29, 1.82) is 5.26 Å². The zero-order valence-corrected chi connectivity index (χ0v) is 9.06. The van der Waals surface area contributed by atoms with Crippen LogP contribution in [0, 0.1) is 14.9 Å². The Kier molecular flexibility index (Phi) is 2.26. The minimum Gasteiger partial charge on any atom is -0.376 e. The van der Waals surface area contributed by atoms with E-state index in [0.29, 0.717) is 19.6 Å². The Bertz CT molecular complexity index is 351. The summed E-state index contributed by atoms with van der Waals surface area (Å²) in [5, 5.41) is 12.9. The lowest BCUT2D eigenvalue weighted by Gasteiger charge is -2.39. The van der Waals surface area contributed by atoms with E-state index in [1.54, 1.807) is 6.20 Å². The number of halogens is 1. The van der Waals surface area contributed by atoms with Crippen LogP contribution in [0.3, 0.4) is 0 Å². The van der Waals surface area contributed by atoms with E-state index in [1.807, 2.05) is 10.9 Å². The number of ether oxygens (including phenoxy) is 1. The molecule has 0 bridgehead atoms. The van der Waals surface area contributed by atoms with Crippen LogP contribution in [-0.2, 0) is 10.3 Å². The molecule has 4 nitrogen and oxygen atoms in total. The topological polar surface area (TPSA) is 50.8 Å². The maximum absolute atomic E-state index is 8.69. The molecular formula is C8H8IN3O. The average molecular weight is 289 g/mol.